The maximum absolute atomic E-state index is 13.5. The van der Waals surface area contributed by atoms with Gasteiger partial charge in [-0.3, -0.25) is 14.4 Å². The molecule has 9 heteroatoms. The maximum atomic E-state index is 13.5. The summed E-state index contributed by atoms with van der Waals surface area (Å²) >= 11 is 0. The summed E-state index contributed by atoms with van der Waals surface area (Å²) in [4.78, 5) is 37.8. The standard InChI is InChI=1S/C30H30F3N3O3/c31-30(32,33)20-36-28(39)29(24-14-6-4-12-22(24)23-13-5-7-15-25(23)29)17-8-9-18-34-26(37)16-19-35-27(38)21-10-2-1-3-11-21/h1-7,10-15H,8-9,16-20H2,(H,34,37)(H,35,38)(H,36,39). The summed E-state index contributed by atoms with van der Waals surface area (Å²) in [6, 6.07) is 23.3. The third kappa shape index (κ3) is 6.47. The molecule has 0 heterocycles. The number of carbonyl (C=O) groups is 3. The molecule has 39 heavy (non-hydrogen) atoms. The predicted molar refractivity (Wildman–Crippen MR) is 142 cm³/mol. The molecule has 6 nitrogen and oxygen atoms in total. The minimum atomic E-state index is -4.53. The molecule has 1 aliphatic carbocycles. The van der Waals surface area contributed by atoms with Gasteiger partial charge in [0.1, 0.15) is 12.0 Å². The van der Waals surface area contributed by atoms with Crippen molar-refractivity contribution in [2.24, 2.45) is 0 Å². The van der Waals surface area contributed by atoms with E-state index < -0.39 is 24.0 Å². The van der Waals surface area contributed by atoms with E-state index in [1.807, 2.05) is 30.3 Å². The Morgan fingerprint density at radius 1 is 0.692 bits per heavy atom. The van der Waals surface area contributed by atoms with Gasteiger partial charge in [-0.05, 0) is 53.6 Å². The topological polar surface area (TPSA) is 87.3 Å². The van der Waals surface area contributed by atoms with Crippen LogP contribution < -0.4 is 16.0 Å². The van der Waals surface area contributed by atoms with Crippen LogP contribution in [0.4, 0.5) is 13.2 Å². The molecule has 0 bridgehead atoms. The van der Waals surface area contributed by atoms with E-state index in [1.54, 1.807) is 48.5 Å². The van der Waals surface area contributed by atoms with Gasteiger partial charge in [0, 0.05) is 25.1 Å². The fourth-order valence-corrected chi connectivity index (χ4v) is 5.10. The Kier molecular flexibility index (Phi) is 8.69. The van der Waals surface area contributed by atoms with Crippen LogP contribution in [0.25, 0.3) is 11.1 Å². The quantitative estimate of drug-likeness (QED) is 0.309. The van der Waals surface area contributed by atoms with Crippen LogP contribution in [-0.4, -0.2) is 43.5 Å². The Balaban J connectivity index is 1.35. The number of rotatable bonds is 11. The Hall–Kier alpha value is -4.14. The summed E-state index contributed by atoms with van der Waals surface area (Å²) in [6.45, 7) is -0.876. The number of hydrogen-bond donors (Lipinski definition) is 3. The van der Waals surface area contributed by atoms with Crippen LogP contribution in [0.15, 0.2) is 78.9 Å². The number of halogens is 3. The first-order chi connectivity index (χ1) is 18.7. The lowest BCUT2D eigenvalue weighted by Crippen LogP contribution is -2.47. The number of alkyl halides is 3. The second kappa shape index (κ2) is 12.1. The number of nitrogens with one attached hydrogen (secondary N) is 3. The summed E-state index contributed by atoms with van der Waals surface area (Å²) < 4.78 is 39.0. The van der Waals surface area contributed by atoms with Crippen molar-refractivity contribution in [1.82, 2.24) is 16.0 Å². The summed E-state index contributed by atoms with van der Waals surface area (Å²) in [6.07, 6.45) is -3.11. The maximum Gasteiger partial charge on any atom is 0.405 e. The average Bonchev–Trinajstić information content (AvgIpc) is 3.22. The minimum absolute atomic E-state index is 0.114. The van der Waals surface area contributed by atoms with Crippen LogP contribution >= 0.6 is 0 Å². The molecule has 3 amide bonds. The van der Waals surface area contributed by atoms with Gasteiger partial charge in [-0.2, -0.15) is 13.2 Å². The SMILES string of the molecule is O=C(CCNC(=O)c1ccccc1)NCCCCC1(C(=O)NCC(F)(F)F)c2ccccc2-c2ccccc21. The normalized spacial score (nSPS) is 13.2. The molecule has 0 aliphatic heterocycles. The number of unbranched alkanes of at least 4 members (excludes halogenated alkanes) is 1. The molecule has 0 radical (unpaired) electrons. The van der Waals surface area contributed by atoms with Gasteiger partial charge in [-0.25, -0.2) is 0 Å². The highest BCUT2D eigenvalue weighted by Crippen LogP contribution is 2.51. The molecule has 0 fully saturated rings. The average molecular weight is 538 g/mol. The van der Waals surface area contributed by atoms with Crippen molar-refractivity contribution in [2.75, 3.05) is 19.6 Å². The molecule has 0 unspecified atom stereocenters. The van der Waals surface area contributed by atoms with Crippen LogP contribution in [0, 0.1) is 0 Å². The Morgan fingerprint density at radius 3 is 1.90 bits per heavy atom. The van der Waals surface area contributed by atoms with E-state index in [1.165, 1.54) is 0 Å². The van der Waals surface area contributed by atoms with Gasteiger partial charge in [-0.15, -0.1) is 0 Å². The number of carbonyl (C=O) groups excluding carboxylic acids is 3. The molecular formula is C30H30F3N3O3. The summed E-state index contributed by atoms with van der Waals surface area (Å²) in [5, 5.41) is 7.63. The van der Waals surface area contributed by atoms with Crippen LogP contribution in [-0.2, 0) is 15.0 Å². The van der Waals surface area contributed by atoms with Gasteiger partial charge in [-0.1, -0.05) is 66.7 Å². The van der Waals surface area contributed by atoms with E-state index in [2.05, 4.69) is 16.0 Å². The first-order valence-electron chi connectivity index (χ1n) is 12.9. The van der Waals surface area contributed by atoms with Crippen LogP contribution in [0.3, 0.4) is 0 Å². The van der Waals surface area contributed by atoms with Gasteiger partial charge in [0.2, 0.25) is 11.8 Å². The third-order valence-corrected chi connectivity index (χ3v) is 6.88. The first kappa shape index (κ1) is 27.9. The second-order valence-electron chi connectivity index (χ2n) is 9.47. The molecule has 0 spiro atoms. The molecule has 0 aromatic heterocycles. The smallest absolute Gasteiger partial charge is 0.356 e. The molecule has 4 rings (SSSR count). The van der Waals surface area contributed by atoms with Crippen molar-refractivity contribution in [3.05, 3.63) is 95.6 Å². The van der Waals surface area contributed by atoms with Gasteiger partial charge in [0.15, 0.2) is 0 Å². The number of hydrogen-bond acceptors (Lipinski definition) is 3. The van der Waals surface area contributed by atoms with Gasteiger partial charge < -0.3 is 16.0 Å². The monoisotopic (exact) mass is 537 g/mol. The number of fused-ring (bicyclic) bond motifs is 3. The Morgan fingerprint density at radius 2 is 1.28 bits per heavy atom. The molecule has 0 saturated carbocycles. The predicted octanol–water partition coefficient (Wildman–Crippen LogP) is 4.74. The molecule has 0 saturated heterocycles. The lowest BCUT2D eigenvalue weighted by molar-refractivity contribution is -0.141. The fourth-order valence-electron chi connectivity index (χ4n) is 5.10. The first-order valence-corrected chi connectivity index (χ1v) is 12.9. The third-order valence-electron chi connectivity index (χ3n) is 6.88. The lowest BCUT2D eigenvalue weighted by atomic mass is 9.73. The lowest BCUT2D eigenvalue weighted by Gasteiger charge is -2.31. The van der Waals surface area contributed by atoms with Crippen molar-refractivity contribution in [1.29, 1.82) is 0 Å². The van der Waals surface area contributed by atoms with Crippen molar-refractivity contribution < 1.29 is 27.6 Å². The highest BCUT2D eigenvalue weighted by atomic mass is 19.4. The van der Waals surface area contributed by atoms with Crippen molar-refractivity contribution in [2.45, 2.75) is 37.3 Å². The zero-order valence-corrected chi connectivity index (χ0v) is 21.3. The zero-order valence-electron chi connectivity index (χ0n) is 21.3. The summed E-state index contributed by atoms with van der Waals surface area (Å²) in [7, 11) is 0. The molecular weight excluding hydrogens is 507 g/mol. The minimum Gasteiger partial charge on any atom is -0.356 e. The molecule has 3 aromatic rings. The molecule has 1 aliphatic rings. The van der Waals surface area contributed by atoms with E-state index in [0.717, 1.165) is 11.1 Å². The number of benzene rings is 3. The van der Waals surface area contributed by atoms with E-state index in [-0.39, 0.29) is 31.2 Å². The van der Waals surface area contributed by atoms with E-state index in [0.29, 0.717) is 36.1 Å². The molecule has 3 N–H and O–H groups in total. The fraction of sp³-hybridized carbons (Fsp3) is 0.300. The van der Waals surface area contributed by atoms with Crippen molar-refractivity contribution >= 4 is 17.7 Å². The molecule has 204 valence electrons. The van der Waals surface area contributed by atoms with Crippen molar-refractivity contribution in [3.8, 4) is 11.1 Å². The van der Waals surface area contributed by atoms with Gasteiger partial charge >= 0.3 is 6.18 Å². The Labute approximate surface area is 225 Å². The highest BCUT2D eigenvalue weighted by Gasteiger charge is 2.49. The van der Waals surface area contributed by atoms with Gasteiger partial charge in [0.05, 0.1) is 0 Å². The van der Waals surface area contributed by atoms with Crippen LogP contribution in [0.2, 0.25) is 0 Å². The Bertz CT molecular complexity index is 1280. The van der Waals surface area contributed by atoms with Crippen molar-refractivity contribution in [3.63, 3.8) is 0 Å². The summed E-state index contributed by atoms with van der Waals surface area (Å²) in [5.41, 5.74) is 2.29. The molecule has 3 aromatic carbocycles. The zero-order chi connectivity index (χ0) is 27.9. The van der Waals surface area contributed by atoms with E-state index >= 15 is 0 Å². The van der Waals surface area contributed by atoms with E-state index in [9.17, 15) is 27.6 Å². The van der Waals surface area contributed by atoms with Crippen LogP contribution in [0.1, 0.15) is 47.2 Å². The summed E-state index contributed by atoms with van der Waals surface area (Å²) in [5.74, 6) is -1.16. The van der Waals surface area contributed by atoms with Gasteiger partial charge in [0.25, 0.3) is 5.91 Å². The highest BCUT2D eigenvalue weighted by molar-refractivity contribution is 6.00. The second-order valence-corrected chi connectivity index (χ2v) is 9.47. The number of amides is 3. The molecule has 0 atom stereocenters. The van der Waals surface area contributed by atoms with E-state index in [4.69, 9.17) is 0 Å². The van der Waals surface area contributed by atoms with Crippen LogP contribution in [0.5, 0.6) is 0 Å². The largest absolute Gasteiger partial charge is 0.405 e.